The lowest BCUT2D eigenvalue weighted by atomic mass is 9.82. The average molecular weight is 248 g/mol. The van der Waals surface area contributed by atoms with Crippen LogP contribution in [0.15, 0.2) is 24.3 Å². The standard InChI is InChI=1S/C13H19BNO3/c1-12(2,17)13(3,4)18-14-10-7-5-6-9(8-10)11(15)16/h5-8,17H,1-4H3,(H2,15,16). The van der Waals surface area contributed by atoms with Gasteiger partial charge in [-0.1, -0.05) is 23.7 Å². The molecule has 0 heterocycles. The average Bonchev–Trinajstić information content (AvgIpc) is 2.25. The Bertz CT molecular complexity index is 438. The van der Waals surface area contributed by atoms with Crippen LogP contribution in [0.3, 0.4) is 0 Å². The van der Waals surface area contributed by atoms with E-state index in [1.54, 1.807) is 52.0 Å². The minimum absolute atomic E-state index is 0.424. The van der Waals surface area contributed by atoms with Gasteiger partial charge in [0.2, 0.25) is 5.91 Å². The number of nitrogens with two attached hydrogens (primary N) is 1. The molecule has 1 aromatic carbocycles. The molecule has 0 spiro atoms. The van der Waals surface area contributed by atoms with Crippen molar-refractivity contribution in [3.8, 4) is 0 Å². The number of carbonyl (C=O) groups is 1. The van der Waals surface area contributed by atoms with Gasteiger partial charge in [0.05, 0.1) is 11.2 Å². The number of carbonyl (C=O) groups excluding carboxylic acids is 1. The summed E-state index contributed by atoms with van der Waals surface area (Å²) in [7, 11) is 1.52. The third-order valence-corrected chi connectivity index (χ3v) is 3.13. The molecule has 97 valence electrons. The van der Waals surface area contributed by atoms with Crippen molar-refractivity contribution in [3.05, 3.63) is 29.8 Å². The second-order valence-corrected chi connectivity index (χ2v) is 5.29. The molecular weight excluding hydrogens is 229 g/mol. The normalized spacial score (nSPS) is 12.3. The number of benzene rings is 1. The van der Waals surface area contributed by atoms with Crippen molar-refractivity contribution in [3.63, 3.8) is 0 Å². The summed E-state index contributed by atoms with van der Waals surface area (Å²) in [5.41, 5.74) is 4.63. The molecule has 0 atom stereocenters. The third-order valence-electron chi connectivity index (χ3n) is 3.13. The molecule has 1 radical (unpaired) electrons. The zero-order valence-electron chi connectivity index (χ0n) is 11.2. The second kappa shape index (κ2) is 5.12. The van der Waals surface area contributed by atoms with Crippen molar-refractivity contribution in [2.45, 2.75) is 38.9 Å². The first-order valence-corrected chi connectivity index (χ1v) is 5.77. The highest BCUT2D eigenvalue weighted by atomic mass is 16.5. The predicted octanol–water partition coefficient (Wildman–Crippen LogP) is 0.596. The molecule has 1 rings (SSSR count). The van der Waals surface area contributed by atoms with Crippen LogP contribution >= 0.6 is 0 Å². The number of rotatable bonds is 5. The monoisotopic (exact) mass is 248 g/mol. The number of hydrogen-bond donors (Lipinski definition) is 2. The first-order valence-electron chi connectivity index (χ1n) is 5.77. The molecule has 0 bridgehead atoms. The molecule has 1 amide bonds. The molecule has 0 saturated heterocycles. The first kappa shape index (κ1) is 14.7. The van der Waals surface area contributed by atoms with Gasteiger partial charge >= 0.3 is 7.48 Å². The van der Waals surface area contributed by atoms with Crippen LogP contribution in [0.1, 0.15) is 38.1 Å². The summed E-state index contributed by atoms with van der Waals surface area (Å²) in [6, 6.07) is 6.81. The molecule has 4 nitrogen and oxygen atoms in total. The molecule has 3 N–H and O–H groups in total. The summed E-state index contributed by atoms with van der Waals surface area (Å²) in [5, 5.41) is 9.95. The van der Waals surface area contributed by atoms with E-state index < -0.39 is 17.1 Å². The van der Waals surface area contributed by atoms with Crippen LogP contribution in [0.4, 0.5) is 0 Å². The van der Waals surface area contributed by atoms with E-state index in [1.165, 1.54) is 7.48 Å². The minimum atomic E-state index is -0.981. The Morgan fingerprint density at radius 2 is 1.94 bits per heavy atom. The van der Waals surface area contributed by atoms with Crippen molar-refractivity contribution in [2.24, 2.45) is 5.73 Å². The summed E-state index contributed by atoms with van der Waals surface area (Å²) < 4.78 is 5.59. The van der Waals surface area contributed by atoms with Gasteiger partial charge in [0, 0.05) is 5.56 Å². The van der Waals surface area contributed by atoms with Crippen LogP contribution in [-0.2, 0) is 4.65 Å². The number of primary amides is 1. The Morgan fingerprint density at radius 1 is 1.33 bits per heavy atom. The quantitative estimate of drug-likeness (QED) is 0.749. The highest BCUT2D eigenvalue weighted by molar-refractivity contribution is 6.47. The number of hydrogen-bond acceptors (Lipinski definition) is 3. The van der Waals surface area contributed by atoms with Crippen molar-refractivity contribution < 1.29 is 14.6 Å². The zero-order valence-corrected chi connectivity index (χ0v) is 11.2. The summed E-state index contributed by atoms with van der Waals surface area (Å²) in [6.07, 6.45) is 0. The van der Waals surface area contributed by atoms with E-state index in [-0.39, 0.29) is 0 Å². The van der Waals surface area contributed by atoms with Crippen LogP contribution < -0.4 is 11.2 Å². The molecular formula is C13H19BNO3. The van der Waals surface area contributed by atoms with Crippen molar-refractivity contribution in [2.75, 3.05) is 0 Å². The zero-order chi connectivity index (χ0) is 14.0. The van der Waals surface area contributed by atoms with Crippen LogP contribution in [-0.4, -0.2) is 29.7 Å². The highest BCUT2D eigenvalue weighted by Crippen LogP contribution is 2.24. The number of amides is 1. The molecule has 5 heteroatoms. The third kappa shape index (κ3) is 3.58. The Labute approximate surface area is 108 Å². The maximum Gasteiger partial charge on any atom is 0.330 e. The lowest BCUT2D eigenvalue weighted by Crippen LogP contribution is -2.49. The van der Waals surface area contributed by atoms with Gasteiger partial charge in [-0.3, -0.25) is 4.79 Å². The van der Waals surface area contributed by atoms with E-state index in [4.69, 9.17) is 10.4 Å². The molecule has 0 aliphatic heterocycles. The lowest BCUT2D eigenvalue weighted by Gasteiger charge is -2.37. The fraction of sp³-hybridized carbons (Fsp3) is 0.462. The van der Waals surface area contributed by atoms with E-state index in [2.05, 4.69) is 0 Å². The van der Waals surface area contributed by atoms with E-state index in [0.29, 0.717) is 5.56 Å². The van der Waals surface area contributed by atoms with Gasteiger partial charge in [0.25, 0.3) is 0 Å². The van der Waals surface area contributed by atoms with Gasteiger partial charge in [-0.05, 0) is 33.8 Å². The molecule has 0 unspecified atom stereocenters. The van der Waals surface area contributed by atoms with Crippen molar-refractivity contribution in [1.29, 1.82) is 0 Å². The van der Waals surface area contributed by atoms with E-state index in [9.17, 15) is 9.90 Å². The molecule has 18 heavy (non-hydrogen) atoms. The van der Waals surface area contributed by atoms with Crippen LogP contribution in [0.2, 0.25) is 0 Å². The molecule has 1 aromatic rings. The first-order chi connectivity index (χ1) is 8.13. The highest BCUT2D eigenvalue weighted by Gasteiger charge is 2.35. The largest absolute Gasteiger partial charge is 0.427 e. The smallest absolute Gasteiger partial charge is 0.330 e. The van der Waals surface area contributed by atoms with E-state index in [0.717, 1.165) is 5.46 Å². The predicted molar refractivity (Wildman–Crippen MR) is 71.8 cm³/mol. The SMILES string of the molecule is CC(C)(O)C(C)(C)O[B]c1cccc(C(N)=O)c1. The molecule has 0 fully saturated rings. The van der Waals surface area contributed by atoms with Gasteiger partial charge in [-0.2, -0.15) is 0 Å². The Morgan fingerprint density at radius 3 is 2.44 bits per heavy atom. The molecule has 0 aliphatic carbocycles. The maximum absolute atomic E-state index is 11.0. The number of aliphatic hydroxyl groups is 1. The molecule has 0 saturated carbocycles. The van der Waals surface area contributed by atoms with Crippen LogP contribution in [0, 0.1) is 0 Å². The van der Waals surface area contributed by atoms with E-state index in [1.807, 2.05) is 0 Å². The minimum Gasteiger partial charge on any atom is -0.427 e. The van der Waals surface area contributed by atoms with Gasteiger partial charge in [-0.25, -0.2) is 0 Å². The second-order valence-electron chi connectivity index (χ2n) is 5.29. The molecule has 0 aromatic heterocycles. The Kier molecular flexibility index (Phi) is 4.19. The lowest BCUT2D eigenvalue weighted by molar-refractivity contribution is -0.0893. The summed E-state index contributed by atoms with van der Waals surface area (Å²) in [4.78, 5) is 11.0. The van der Waals surface area contributed by atoms with Gasteiger partial charge in [-0.15, -0.1) is 0 Å². The topological polar surface area (TPSA) is 72.6 Å². The fourth-order valence-corrected chi connectivity index (χ4v) is 1.12. The fourth-order valence-electron chi connectivity index (χ4n) is 1.12. The Balaban J connectivity index is 2.75. The van der Waals surface area contributed by atoms with Gasteiger partial charge < -0.3 is 15.5 Å². The Hall–Kier alpha value is -1.33. The molecule has 0 aliphatic rings. The maximum atomic E-state index is 11.0. The summed E-state index contributed by atoms with van der Waals surface area (Å²) in [5.74, 6) is -0.480. The van der Waals surface area contributed by atoms with Gasteiger partial charge in [0.1, 0.15) is 0 Å². The summed E-state index contributed by atoms with van der Waals surface area (Å²) in [6.45, 7) is 6.95. The van der Waals surface area contributed by atoms with Crippen LogP contribution in [0.25, 0.3) is 0 Å². The van der Waals surface area contributed by atoms with Crippen molar-refractivity contribution >= 4 is 18.9 Å². The van der Waals surface area contributed by atoms with Crippen LogP contribution in [0.5, 0.6) is 0 Å². The van der Waals surface area contributed by atoms with E-state index >= 15 is 0 Å². The van der Waals surface area contributed by atoms with Crippen molar-refractivity contribution in [1.82, 2.24) is 0 Å². The summed E-state index contributed by atoms with van der Waals surface area (Å²) >= 11 is 0. The van der Waals surface area contributed by atoms with Gasteiger partial charge in [0.15, 0.2) is 0 Å².